The minimum Gasteiger partial charge on any atom is -0.506 e. The van der Waals surface area contributed by atoms with Crippen molar-refractivity contribution in [3.63, 3.8) is 0 Å². The van der Waals surface area contributed by atoms with Crippen LogP contribution in [0.4, 0.5) is 4.79 Å². The Kier molecular flexibility index (Phi) is 5.90. The van der Waals surface area contributed by atoms with Gasteiger partial charge in [0.25, 0.3) is 0 Å². The Hall–Kier alpha value is -2.64. The number of carbonyl (C=O) groups is 1. The lowest BCUT2D eigenvalue weighted by molar-refractivity contribution is 0.0145. The summed E-state index contributed by atoms with van der Waals surface area (Å²) in [6.45, 7) is -0.142. The molecule has 2 atom stereocenters. The smallest absolute Gasteiger partial charge is 0.407 e. The van der Waals surface area contributed by atoms with Gasteiger partial charge in [-0.2, -0.15) is 0 Å². The van der Waals surface area contributed by atoms with Crippen LogP contribution in [0.5, 0.6) is 5.75 Å². The van der Waals surface area contributed by atoms with E-state index in [1.807, 2.05) is 30.3 Å². The average Bonchev–Trinajstić information content (AvgIpc) is 2.58. The average molecular weight is 318 g/mol. The molecule has 2 rings (SSSR count). The van der Waals surface area contributed by atoms with Crippen molar-refractivity contribution in [1.82, 2.24) is 10.3 Å². The van der Waals surface area contributed by atoms with Crippen LogP contribution in [-0.2, 0) is 11.3 Å². The Morgan fingerprint density at radius 1 is 1.17 bits per heavy atom. The van der Waals surface area contributed by atoms with Gasteiger partial charge in [-0.25, -0.2) is 4.79 Å². The van der Waals surface area contributed by atoms with Gasteiger partial charge in [0.05, 0.1) is 0 Å². The lowest BCUT2D eigenvalue weighted by atomic mass is 10.1. The predicted molar refractivity (Wildman–Crippen MR) is 81.5 cm³/mol. The number of amides is 1. The summed E-state index contributed by atoms with van der Waals surface area (Å²) in [6, 6.07) is 12.0. The van der Waals surface area contributed by atoms with E-state index in [0.717, 1.165) is 5.56 Å². The minimum absolute atomic E-state index is 0.0561. The summed E-state index contributed by atoms with van der Waals surface area (Å²) >= 11 is 0. The third-order valence-corrected chi connectivity index (χ3v) is 3.13. The number of carbonyl (C=O) groups excluding carboxylic acids is 1. The Morgan fingerprint density at radius 2 is 1.91 bits per heavy atom. The van der Waals surface area contributed by atoms with E-state index in [9.17, 15) is 20.1 Å². The van der Waals surface area contributed by atoms with Crippen molar-refractivity contribution in [2.45, 2.75) is 18.8 Å². The first-order valence-electron chi connectivity index (χ1n) is 7.02. The standard InChI is InChI=1S/C16H18N2O5/c19-12-7-4-8-17-14(12)15(21)13(20)9-18-16(22)23-10-11-5-2-1-3-6-11/h1-8,13,15,19-21H,9-10H2,(H,18,22). The van der Waals surface area contributed by atoms with Gasteiger partial charge >= 0.3 is 6.09 Å². The molecule has 7 heteroatoms. The normalized spacial score (nSPS) is 13.1. The SMILES string of the molecule is O=C(NCC(O)C(O)c1ncccc1O)OCc1ccccc1. The summed E-state index contributed by atoms with van der Waals surface area (Å²) in [7, 11) is 0. The zero-order valence-electron chi connectivity index (χ0n) is 12.3. The van der Waals surface area contributed by atoms with Crippen LogP contribution >= 0.6 is 0 Å². The van der Waals surface area contributed by atoms with Gasteiger partial charge in [-0.15, -0.1) is 0 Å². The van der Waals surface area contributed by atoms with Crippen LogP contribution in [-0.4, -0.2) is 39.0 Å². The molecule has 0 saturated heterocycles. The molecule has 0 spiro atoms. The number of aromatic nitrogens is 1. The zero-order valence-corrected chi connectivity index (χ0v) is 12.3. The third-order valence-electron chi connectivity index (χ3n) is 3.13. The van der Waals surface area contributed by atoms with Crippen molar-refractivity contribution in [1.29, 1.82) is 0 Å². The summed E-state index contributed by atoms with van der Waals surface area (Å²) < 4.78 is 4.98. The number of benzene rings is 1. The maximum atomic E-state index is 11.6. The van der Waals surface area contributed by atoms with Gasteiger partial charge in [-0.1, -0.05) is 30.3 Å². The number of aromatic hydroxyl groups is 1. The fourth-order valence-corrected chi connectivity index (χ4v) is 1.89. The van der Waals surface area contributed by atoms with Crippen LogP contribution in [0.25, 0.3) is 0 Å². The highest BCUT2D eigenvalue weighted by molar-refractivity contribution is 5.67. The van der Waals surface area contributed by atoms with Crippen molar-refractivity contribution >= 4 is 6.09 Å². The van der Waals surface area contributed by atoms with E-state index in [1.54, 1.807) is 0 Å². The first-order valence-corrected chi connectivity index (χ1v) is 7.02. The molecule has 0 saturated carbocycles. The van der Waals surface area contributed by atoms with Gasteiger partial charge in [-0.3, -0.25) is 4.98 Å². The van der Waals surface area contributed by atoms with E-state index in [4.69, 9.17) is 4.74 Å². The molecule has 0 radical (unpaired) electrons. The summed E-state index contributed by atoms with van der Waals surface area (Å²) in [6.07, 6.45) is -2.09. The molecule has 0 aliphatic rings. The number of nitrogens with zero attached hydrogens (tertiary/aromatic N) is 1. The number of ether oxygens (including phenoxy) is 1. The van der Waals surface area contributed by atoms with Gasteiger partial charge in [0.15, 0.2) is 0 Å². The fourth-order valence-electron chi connectivity index (χ4n) is 1.89. The Balaban J connectivity index is 1.78. The number of aliphatic hydroxyl groups excluding tert-OH is 2. The van der Waals surface area contributed by atoms with Crippen LogP contribution in [0, 0.1) is 0 Å². The second-order valence-electron chi connectivity index (χ2n) is 4.86. The van der Waals surface area contributed by atoms with Crippen molar-refractivity contribution in [2.75, 3.05) is 6.54 Å². The molecule has 0 bridgehead atoms. The number of hydrogen-bond acceptors (Lipinski definition) is 6. The lowest BCUT2D eigenvalue weighted by Gasteiger charge is -2.18. The molecule has 23 heavy (non-hydrogen) atoms. The predicted octanol–water partition coefficient (Wildman–Crippen LogP) is 1.11. The highest BCUT2D eigenvalue weighted by atomic mass is 16.5. The molecular formula is C16H18N2O5. The fraction of sp³-hybridized carbons (Fsp3) is 0.250. The zero-order chi connectivity index (χ0) is 16.7. The van der Waals surface area contributed by atoms with Gasteiger partial charge in [0.2, 0.25) is 0 Å². The Labute approximate surface area is 133 Å². The molecule has 122 valence electrons. The van der Waals surface area contributed by atoms with E-state index in [2.05, 4.69) is 10.3 Å². The molecule has 1 heterocycles. The number of pyridine rings is 1. The number of hydrogen-bond donors (Lipinski definition) is 4. The van der Waals surface area contributed by atoms with Gasteiger partial charge < -0.3 is 25.4 Å². The van der Waals surface area contributed by atoms with Crippen LogP contribution in [0.1, 0.15) is 17.4 Å². The molecule has 1 amide bonds. The quantitative estimate of drug-likeness (QED) is 0.635. The van der Waals surface area contributed by atoms with Crippen molar-refractivity contribution < 1.29 is 24.9 Å². The molecule has 1 aromatic carbocycles. The number of aliphatic hydroxyl groups is 2. The number of alkyl carbamates (subject to hydrolysis) is 1. The topological polar surface area (TPSA) is 112 Å². The van der Waals surface area contributed by atoms with Crippen molar-refractivity contribution in [2.24, 2.45) is 0 Å². The summed E-state index contributed by atoms with van der Waals surface area (Å²) in [5.74, 6) is -0.231. The highest BCUT2D eigenvalue weighted by Crippen LogP contribution is 2.23. The summed E-state index contributed by atoms with van der Waals surface area (Å²) in [5.41, 5.74) is 0.779. The molecule has 0 aliphatic heterocycles. The van der Waals surface area contributed by atoms with Gasteiger partial charge in [0, 0.05) is 12.7 Å². The summed E-state index contributed by atoms with van der Waals surface area (Å²) in [4.78, 5) is 15.4. The van der Waals surface area contributed by atoms with Crippen molar-refractivity contribution in [3.8, 4) is 5.75 Å². The first kappa shape index (κ1) is 16.7. The molecule has 2 aromatic rings. The van der Waals surface area contributed by atoms with Crippen LogP contribution in [0.2, 0.25) is 0 Å². The highest BCUT2D eigenvalue weighted by Gasteiger charge is 2.23. The van der Waals surface area contributed by atoms with E-state index in [0.29, 0.717) is 0 Å². The largest absolute Gasteiger partial charge is 0.506 e. The maximum Gasteiger partial charge on any atom is 0.407 e. The van der Waals surface area contributed by atoms with Crippen LogP contribution in [0.15, 0.2) is 48.7 Å². The van der Waals surface area contributed by atoms with Crippen LogP contribution < -0.4 is 5.32 Å². The molecule has 0 fully saturated rings. The molecule has 2 unspecified atom stereocenters. The maximum absolute atomic E-state index is 11.6. The molecule has 4 N–H and O–H groups in total. The van der Waals surface area contributed by atoms with E-state index < -0.39 is 18.3 Å². The molecule has 7 nitrogen and oxygen atoms in total. The van der Waals surface area contributed by atoms with E-state index in [-0.39, 0.29) is 24.6 Å². The van der Waals surface area contributed by atoms with Gasteiger partial charge in [0.1, 0.15) is 30.3 Å². The van der Waals surface area contributed by atoms with Crippen LogP contribution in [0.3, 0.4) is 0 Å². The third kappa shape index (κ3) is 4.94. The van der Waals surface area contributed by atoms with Gasteiger partial charge in [-0.05, 0) is 17.7 Å². The monoisotopic (exact) mass is 318 g/mol. The minimum atomic E-state index is -1.43. The Morgan fingerprint density at radius 3 is 2.61 bits per heavy atom. The molecule has 0 aliphatic carbocycles. The Bertz CT molecular complexity index is 635. The number of rotatable bonds is 6. The van der Waals surface area contributed by atoms with E-state index >= 15 is 0 Å². The second kappa shape index (κ2) is 8.11. The second-order valence-corrected chi connectivity index (χ2v) is 4.86. The lowest BCUT2D eigenvalue weighted by Crippen LogP contribution is -2.36. The van der Waals surface area contributed by atoms with E-state index in [1.165, 1.54) is 18.3 Å². The van der Waals surface area contributed by atoms with Crippen molar-refractivity contribution in [3.05, 3.63) is 59.9 Å². The molecule has 1 aromatic heterocycles. The summed E-state index contributed by atoms with van der Waals surface area (Å²) in [5, 5.41) is 31.7. The molecular weight excluding hydrogens is 300 g/mol. The first-order chi connectivity index (χ1) is 11.1. The number of nitrogens with one attached hydrogen (secondary N) is 1.